The highest BCUT2D eigenvalue weighted by Crippen LogP contribution is 2.34. The number of benzene rings is 2. The number of nitrogens with one attached hydrogen (secondary N) is 2. The molecule has 0 radical (unpaired) electrons. The van der Waals surface area contributed by atoms with Crippen molar-refractivity contribution in [3.05, 3.63) is 76.1 Å². The molecule has 2 aromatic carbocycles. The summed E-state index contributed by atoms with van der Waals surface area (Å²) in [6.07, 6.45) is 1.35. The summed E-state index contributed by atoms with van der Waals surface area (Å²) in [5.74, 6) is -0.199. The Balaban J connectivity index is 1.92. The van der Waals surface area contributed by atoms with Gasteiger partial charge >= 0.3 is 5.63 Å². The zero-order valence-electron chi connectivity index (χ0n) is 13.8. The summed E-state index contributed by atoms with van der Waals surface area (Å²) in [7, 11) is 0. The molecular weight excluding hydrogens is 316 g/mol. The fourth-order valence-electron chi connectivity index (χ4n) is 3.44. The molecule has 1 aliphatic rings. The Kier molecular flexibility index (Phi) is 3.57. The van der Waals surface area contributed by atoms with Crippen LogP contribution in [-0.2, 0) is 5.66 Å². The normalized spacial score (nSPS) is 19.2. The highest BCUT2D eigenvalue weighted by molar-refractivity contribution is 6.02. The number of carbonyl (C=O) groups is 1. The van der Waals surface area contributed by atoms with Crippen molar-refractivity contribution in [2.24, 2.45) is 0 Å². The van der Waals surface area contributed by atoms with Gasteiger partial charge in [0, 0.05) is 11.1 Å². The Morgan fingerprint density at radius 3 is 2.60 bits per heavy atom. The Labute approximate surface area is 144 Å². The Morgan fingerprint density at radius 1 is 1.00 bits per heavy atom. The van der Waals surface area contributed by atoms with Gasteiger partial charge in [-0.05, 0) is 30.7 Å². The SMILES string of the molecule is CCCC1(c2cc3ccccc3oc2=O)NC(=O)c2ccccc2N1. The van der Waals surface area contributed by atoms with E-state index in [2.05, 4.69) is 10.6 Å². The van der Waals surface area contributed by atoms with Crippen LogP contribution in [0.2, 0.25) is 0 Å². The maximum Gasteiger partial charge on any atom is 0.343 e. The number of carbonyl (C=O) groups excluding carboxylic acids is 1. The van der Waals surface area contributed by atoms with Gasteiger partial charge in [0.25, 0.3) is 5.91 Å². The zero-order chi connectivity index (χ0) is 17.4. The topological polar surface area (TPSA) is 71.3 Å². The van der Waals surface area contributed by atoms with Gasteiger partial charge in [-0.25, -0.2) is 4.79 Å². The quantitative estimate of drug-likeness (QED) is 0.718. The van der Waals surface area contributed by atoms with Crippen LogP contribution in [-0.4, -0.2) is 5.91 Å². The minimum atomic E-state index is -0.981. The Morgan fingerprint density at radius 2 is 1.76 bits per heavy atom. The third-order valence-corrected chi connectivity index (χ3v) is 4.57. The molecule has 0 aliphatic carbocycles. The van der Waals surface area contributed by atoms with Gasteiger partial charge < -0.3 is 15.1 Å². The first-order valence-corrected chi connectivity index (χ1v) is 8.36. The molecule has 0 saturated carbocycles. The maximum absolute atomic E-state index is 12.7. The first-order chi connectivity index (χ1) is 12.1. The molecular formula is C20H18N2O3. The van der Waals surface area contributed by atoms with Crippen LogP contribution in [0, 0.1) is 0 Å². The van der Waals surface area contributed by atoms with E-state index >= 15 is 0 Å². The van der Waals surface area contributed by atoms with E-state index in [-0.39, 0.29) is 5.91 Å². The largest absolute Gasteiger partial charge is 0.422 e. The Bertz CT molecular complexity index is 1020. The third-order valence-electron chi connectivity index (χ3n) is 4.57. The molecule has 0 saturated heterocycles. The molecule has 0 spiro atoms. The van der Waals surface area contributed by atoms with Gasteiger partial charge in [-0.2, -0.15) is 0 Å². The van der Waals surface area contributed by atoms with E-state index in [1.54, 1.807) is 18.2 Å². The summed E-state index contributed by atoms with van der Waals surface area (Å²) >= 11 is 0. The van der Waals surface area contributed by atoms with Gasteiger partial charge in [0.2, 0.25) is 0 Å². The van der Waals surface area contributed by atoms with E-state index in [0.717, 1.165) is 11.8 Å². The molecule has 1 atom stereocenters. The summed E-state index contributed by atoms with van der Waals surface area (Å²) in [5, 5.41) is 7.19. The lowest BCUT2D eigenvalue weighted by atomic mass is 9.91. The van der Waals surface area contributed by atoms with Crippen LogP contribution in [0.5, 0.6) is 0 Å². The van der Waals surface area contributed by atoms with Crippen molar-refractivity contribution in [2.45, 2.75) is 25.4 Å². The van der Waals surface area contributed by atoms with Crippen LogP contribution < -0.4 is 16.3 Å². The minimum Gasteiger partial charge on any atom is -0.422 e. The summed E-state index contributed by atoms with van der Waals surface area (Å²) in [5.41, 5.74) is 0.803. The number of rotatable bonds is 3. The van der Waals surface area contributed by atoms with E-state index in [1.807, 2.05) is 43.3 Å². The molecule has 5 nitrogen and oxygen atoms in total. The van der Waals surface area contributed by atoms with Crippen molar-refractivity contribution in [1.82, 2.24) is 5.32 Å². The van der Waals surface area contributed by atoms with Crippen molar-refractivity contribution in [3.63, 3.8) is 0 Å². The van der Waals surface area contributed by atoms with Gasteiger partial charge in [-0.1, -0.05) is 43.7 Å². The number of anilines is 1. The fourth-order valence-corrected chi connectivity index (χ4v) is 3.44. The molecule has 2 N–H and O–H groups in total. The standard InChI is InChI=1S/C20H18N2O3/c1-2-11-20(21-16-9-5-4-8-14(16)18(23)22-20)15-12-13-7-3-6-10-17(13)25-19(15)24/h3-10,12,21H,2,11H2,1H3,(H,22,23). The van der Waals surface area contributed by atoms with Crippen LogP contribution in [0.15, 0.2) is 63.8 Å². The molecule has 0 bridgehead atoms. The van der Waals surface area contributed by atoms with E-state index < -0.39 is 11.3 Å². The van der Waals surface area contributed by atoms with Crippen LogP contribution >= 0.6 is 0 Å². The van der Waals surface area contributed by atoms with Gasteiger partial charge in [-0.3, -0.25) is 4.79 Å². The van der Waals surface area contributed by atoms with Crippen LogP contribution in [0.3, 0.4) is 0 Å². The molecule has 2 heterocycles. The van der Waals surface area contributed by atoms with Gasteiger partial charge in [-0.15, -0.1) is 0 Å². The molecule has 1 unspecified atom stereocenters. The van der Waals surface area contributed by atoms with Crippen molar-refractivity contribution < 1.29 is 9.21 Å². The molecule has 25 heavy (non-hydrogen) atoms. The van der Waals surface area contributed by atoms with E-state index in [9.17, 15) is 9.59 Å². The lowest BCUT2D eigenvalue weighted by Gasteiger charge is -2.40. The van der Waals surface area contributed by atoms with Crippen LogP contribution in [0.25, 0.3) is 11.0 Å². The second-order valence-electron chi connectivity index (χ2n) is 6.27. The molecule has 126 valence electrons. The van der Waals surface area contributed by atoms with Gasteiger partial charge in [0.05, 0.1) is 11.1 Å². The molecule has 5 heteroatoms. The second-order valence-corrected chi connectivity index (χ2v) is 6.27. The van der Waals surface area contributed by atoms with Crippen molar-refractivity contribution in [3.8, 4) is 0 Å². The molecule has 1 aromatic heterocycles. The average Bonchev–Trinajstić information content (AvgIpc) is 2.61. The van der Waals surface area contributed by atoms with Gasteiger partial charge in [0.1, 0.15) is 11.2 Å². The smallest absolute Gasteiger partial charge is 0.343 e. The first kappa shape index (κ1) is 15.4. The van der Waals surface area contributed by atoms with Crippen molar-refractivity contribution in [1.29, 1.82) is 0 Å². The number of hydrogen-bond donors (Lipinski definition) is 2. The van der Waals surface area contributed by atoms with E-state index in [4.69, 9.17) is 4.42 Å². The van der Waals surface area contributed by atoms with Crippen molar-refractivity contribution >= 4 is 22.6 Å². The minimum absolute atomic E-state index is 0.199. The lowest BCUT2D eigenvalue weighted by molar-refractivity contribution is 0.0891. The van der Waals surface area contributed by atoms with E-state index in [0.29, 0.717) is 28.8 Å². The number of para-hydroxylation sites is 2. The number of amides is 1. The number of hydrogen-bond acceptors (Lipinski definition) is 4. The molecule has 3 aromatic rings. The highest BCUT2D eigenvalue weighted by Gasteiger charge is 2.40. The van der Waals surface area contributed by atoms with E-state index in [1.165, 1.54) is 0 Å². The summed E-state index contributed by atoms with van der Waals surface area (Å²) in [4.78, 5) is 25.3. The third kappa shape index (κ3) is 2.48. The summed E-state index contributed by atoms with van der Waals surface area (Å²) in [6.45, 7) is 2.01. The summed E-state index contributed by atoms with van der Waals surface area (Å²) < 4.78 is 5.49. The molecule has 1 aliphatic heterocycles. The summed E-state index contributed by atoms with van der Waals surface area (Å²) in [6, 6.07) is 16.5. The lowest BCUT2D eigenvalue weighted by Crippen LogP contribution is -2.56. The molecule has 4 rings (SSSR count). The predicted octanol–water partition coefficient (Wildman–Crippen LogP) is 3.60. The fraction of sp³-hybridized carbons (Fsp3) is 0.200. The second kappa shape index (κ2) is 5.77. The highest BCUT2D eigenvalue weighted by atomic mass is 16.4. The average molecular weight is 334 g/mol. The molecule has 1 amide bonds. The van der Waals surface area contributed by atoms with Gasteiger partial charge in [0.15, 0.2) is 0 Å². The number of fused-ring (bicyclic) bond motifs is 2. The van der Waals surface area contributed by atoms with Crippen LogP contribution in [0.1, 0.15) is 35.7 Å². The predicted molar refractivity (Wildman–Crippen MR) is 96.6 cm³/mol. The zero-order valence-corrected chi connectivity index (χ0v) is 13.8. The Hall–Kier alpha value is -3.08. The first-order valence-electron chi connectivity index (χ1n) is 8.36. The molecule has 0 fully saturated rings. The van der Waals surface area contributed by atoms with Crippen molar-refractivity contribution in [2.75, 3.05) is 5.32 Å². The van der Waals surface area contributed by atoms with Crippen LogP contribution in [0.4, 0.5) is 5.69 Å². The maximum atomic E-state index is 12.7. The monoisotopic (exact) mass is 334 g/mol.